The van der Waals surface area contributed by atoms with Crippen LogP contribution < -0.4 is 5.32 Å². The van der Waals surface area contributed by atoms with Crippen molar-refractivity contribution in [2.24, 2.45) is 5.41 Å². The van der Waals surface area contributed by atoms with Gasteiger partial charge in [-0.1, -0.05) is 60.7 Å². The molecule has 1 aliphatic heterocycles. The number of carbonyl (C=O) groups is 2. The van der Waals surface area contributed by atoms with Crippen molar-refractivity contribution < 1.29 is 9.59 Å². The van der Waals surface area contributed by atoms with Crippen LogP contribution in [0.3, 0.4) is 0 Å². The van der Waals surface area contributed by atoms with Gasteiger partial charge in [0, 0.05) is 26.3 Å². The molecule has 0 radical (unpaired) electrons. The average Bonchev–Trinajstić information content (AvgIpc) is 2.85. The van der Waals surface area contributed by atoms with Gasteiger partial charge in [-0.25, -0.2) is 0 Å². The third kappa shape index (κ3) is 4.36. The third-order valence-electron chi connectivity index (χ3n) is 6.23. The van der Waals surface area contributed by atoms with E-state index in [1.807, 2.05) is 41.3 Å². The molecule has 2 aromatic carbocycles. The SMILES string of the molecule is CNC(=O)C1(Cc2ccccc2-c2ccccc2)CCN(C(=O)c2ccccn2)CC1. The van der Waals surface area contributed by atoms with E-state index in [2.05, 4.69) is 34.6 Å². The summed E-state index contributed by atoms with van der Waals surface area (Å²) in [6, 6.07) is 23.9. The topological polar surface area (TPSA) is 62.3 Å². The van der Waals surface area contributed by atoms with Crippen molar-refractivity contribution in [2.45, 2.75) is 19.3 Å². The zero-order valence-electron chi connectivity index (χ0n) is 17.8. The molecule has 0 atom stereocenters. The molecule has 158 valence electrons. The van der Waals surface area contributed by atoms with Gasteiger partial charge in [-0.15, -0.1) is 0 Å². The number of carbonyl (C=O) groups excluding carboxylic acids is 2. The number of nitrogens with zero attached hydrogens (tertiary/aromatic N) is 2. The van der Waals surface area contributed by atoms with Gasteiger partial charge in [0.15, 0.2) is 0 Å². The monoisotopic (exact) mass is 413 g/mol. The summed E-state index contributed by atoms with van der Waals surface area (Å²) in [4.78, 5) is 31.9. The zero-order valence-corrected chi connectivity index (χ0v) is 17.8. The fraction of sp³-hybridized carbons (Fsp3) is 0.269. The highest BCUT2D eigenvalue weighted by Crippen LogP contribution is 2.38. The summed E-state index contributed by atoms with van der Waals surface area (Å²) in [6.07, 6.45) is 3.51. The van der Waals surface area contributed by atoms with Crippen LogP contribution in [-0.4, -0.2) is 41.8 Å². The van der Waals surface area contributed by atoms with Crippen LogP contribution in [0.4, 0.5) is 0 Å². The van der Waals surface area contributed by atoms with Crippen molar-refractivity contribution >= 4 is 11.8 Å². The van der Waals surface area contributed by atoms with E-state index in [0.717, 1.165) is 16.7 Å². The molecular formula is C26H27N3O2. The Morgan fingerprint density at radius 1 is 0.935 bits per heavy atom. The van der Waals surface area contributed by atoms with E-state index in [1.165, 1.54) is 0 Å². The van der Waals surface area contributed by atoms with Crippen LogP contribution in [0.25, 0.3) is 11.1 Å². The first-order valence-corrected chi connectivity index (χ1v) is 10.7. The summed E-state index contributed by atoms with van der Waals surface area (Å²) >= 11 is 0. The quantitative estimate of drug-likeness (QED) is 0.689. The number of amides is 2. The number of rotatable bonds is 5. The summed E-state index contributed by atoms with van der Waals surface area (Å²) in [5.74, 6) is -0.0314. The second kappa shape index (κ2) is 9.13. The van der Waals surface area contributed by atoms with E-state index in [9.17, 15) is 9.59 Å². The summed E-state index contributed by atoms with van der Waals surface area (Å²) in [5.41, 5.74) is 3.36. The number of piperidine rings is 1. The van der Waals surface area contributed by atoms with Crippen LogP contribution in [0.2, 0.25) is 0 Å². The van der Waals surface area contributed by atoms with Gasteiger partial charge in [-0.05, 0) is 48.1 Å². The maximum absolute atomic E-state index is 13.1. The molecule has 5 heteroatoms. The normalized spacial score (nSPS) is 15.3. The minimum atomic E-state index is -0.541. The van der Waals surface area contributed by atoms with Gasteiger partial charge < -0.3 is 10.2 Å². The molecular weight excluding hydrogens is 386 g/mol. The lowest BCUT2D eigenvalue weighted by Gasteiger charge is -2.40. The molecule has 2 amide bonds. The number of aromatic nitrogens is 1. The lowest BCUT2D eigenvalue weighted by Crippen LogP contribution is -2.50. The Kier molecular flexibility index (Phi) is 6.12. The average molecular weight is 414 g/mol. The number of likely N-dealkylation sites (tertiary alicyclic amines) is 1. The third-order valence-corrected chi connectivity index (χ3v) is 6.23. The highest BCUT2D eigenvalue weighted by molar-refractivity contribution is 5.92. The first kappa shape index (κ1) is 20.8. The Labute approximate surface area is 183 Å². The van der Waals surface area contributed by atoms with Gasteiger partial charge in [0.25, 0.3) is 5.91 Å². The minimum Gasteiger partial charge on any atom is -0.359 e. The molecule has 1 N–H and O–H groups in total. The van der Waals surface area contributed by atoms with Gasteiger partial charge in [0.2, 0.25) is 5.91 Å². The number of hydrogen-bond acceptors (Lipinski definition) is 3. The summed E-state index contributed by atoms with van der Waals surface area (Å²) in [6.45, 7) is 1.08. The van der Waals surface area contributed by atoms with Gasteiger partial charge in [-0.3, -0.25) is 14.6 Å². The summed E-state index contributed by atoms with van der Waals surface area (Å²) < 4.78 is 0. The molecule has 4 rings (SSSR count). The summed E-state index contributed by atoms with van der Waals surface area (Å²) in [5, 5.41) is 2.88. The fourth-order valence-corrected chi connectivity index (χ4v) is 4.48. The van der Waals surface area contributed by atoms with E-state index in [4.69, 9.17) is 0 Å². The standard InChI is InChI=1S/C26H27N3O2/c1-27-25(31)26(14-17-29(18-15-26)24(30)23-13-7-8-16-28-23)19-21-11-5-6-12-22(21)20-9-3-2-4-10-20/h2-13,16H,14-15,17-19H2,1H3,(H,27,31). The number of nitrogens with one attached hydrogen (secondary N) is 1. The van der Waals surface area contributed by atoms with E-state index in [-0.39, 0.29) is 11.8 Å². The predicted octanol–water partition coefficient (Wildman–Crippen LogP) is 3.96. The zero-order chi connectivity index (χ0) is 21.7. The van der Waals surface area contributed by atoms with Gasteiger partial charge in [0.05, 0.1) is 5.41 Å². The van der Waals surface area contributed by atoms with Crippen LogP contribution in [0, 0.1) is 5.41 Å². The molecule has 1 fully saturated rings. The highest BCUT2D eigenvalue weighted by atomic mass is 16.2. The maximum Gasteiger partial charge on any atom is 0.272 e. The van der Waals surface area contributed by atoms with Gasteiger partial charge in [-0.2, -0.15) is 0 Å². The van der Waals surface area contributed by atoms with Crippen molar-refractivity contribution in [1.82, 2.24) is 15.2 Å². The number of hydrogen-bond donors (Lipinski definition) is 1. The van der Waals surface area contributed by atoms with E-state index < -0.39 is 5.41 Å². The number of benzene rings is 2. The van der Waals surface area contributed by atoms with Crippen molar-refractivity contribution in [3.8, 4) is 11.1 Å². The highest BCUT2D eigenvalue weighted by Gasteiger charge is 2.42. The molecule has 31 heavy (non-hydrogen) atoms. The van der Waals surface area contributed by atoms with Crippen LogP contribution in [0.15, 0.2) is 79.0 Å². The molecule has 0 aliphatic carbocycles. The van der Waals surface area contributed by atoms with E-state index in [0.29, 0.717) is 38.0 Å². The van der Waals surface area contributed by atoms with Gasteiger partial charge >= 0.3 is 0 Å². The van der Waals surface area contributed by atoms with Crippen molar-refractivity contribution in [3.05, 3.63) is 90.3 Å². The van der Waals surface area contributed by atoms with E-state index in [1.54, 1.807) is 25.4 Å². The second-order valence-electron chi connectivity index (χ2n) is 8.07. The Bertz CT molecular complexity index is 1040. The molecule has 1 aromatic heterocycles. The lowest BCUT2D eigenvalue weighted by atomic mass is 9.72. The maximum atomic E-state index is 13.1. The largest absolute Gasteiger partial charge is 0.359 e. The lowest BCUT2D eigenvalue weighted by molar-refractivity contribution is -0.133. The van der Waals surface area contributed by atoms with Crippen molar-refractivity contribution in [1.29, 1.82) is 0 Å². The van der Waals surface area contributed by atoms with Crippen LogP contribution in [-0.2, 0) is 11.2 Å². The molecule has 1 saturated heterocycles. The van der Waals surface area contributed by atoms with Crippen molar-refractivity contribution in [2.75, 3.05) is 20.1 Å². The Hall–Kier alpha value is -3.47. The summed E-state index contributed by atoms with van der Waals surface area (Å²) in [7, 11) is 1.69. The fourth-order valence-electron chi connectivity index (χ4n) is 4.48. The Morgan fingerprint density at radius 3 is 2.29 bits per heavy atom. The molecule has 1 aliphatic rings. The van der Waals surface area contributed by atoms with Gasteiger partial charge in [0.1, 0.15) is 5.69 Å². The Balaban J connectivity index is 1.58. The van der Waals surface area contributed by atoms with Crippen LogP contribution in [0.5, 0.6) is 0 Å². The predicted molar refractivity (Wildman–Crippen MR) is 121 cm³/mol. The minimum absolute atomic E-state index is 0.0419. The molecule has 5 nitrogen and oxygen atoms in total. The van der Waals surface area contributed by atoms with Crippen LogP contribution in [0.1, 0.15) is 28.9 Å². The van der Waals surface area contributed by atoms with Crippen LogP contribution >= 0.6 is 0 Å². The molecule has 2 heterocycles. The molecule has 3 aromatic rings. The second-order valence-corrected chi connectivity index (χ2v) is 8.07. The molecule has 0 spiro atoms. The Morgan fingerprint density at radius 2 is 1.61 bits per heavy atom. The van der Waals surface area contributed by atoms with E-state index >= 15 is 0 Å². The molecule has 0 bridgehead atoms. The first-order chi connectivity index (χ1) is 15.1. The van der Waals surface area contributed by atoms with Crippen molar-refractivity contribution in [3.63, 3.8) is 0 Å². The smallest absolute Gasteiger partial charge is 0.272 e. The first-order valence-electron chi connectivity index (χ1n) is 10.7. The molecule has 0 unspecified atom stereocenters. The molecule has 0 saturated carbocycles. The number of pyridine rings is 1.